The van der Waals surface area contributed by atoms with Gasteiger partial charge >= 0.3 is 0 Å². The minimum Gasteiger partial charge on any atom is -0.497 e. The summed E-state index contributed by atoms with van der Waals surface area (Å²) in [5.41, 5.74) is 2.38. The van der Waals surface area contributed by atoms with E-state index in [0.717, 1.165) is 21.0 Å². The van der Waals surface area contributed by atoms with Crippen LogP contribution >= 0.6 is 0 Å². The number of rotatable bonds is 12. The van der Waals surface area contributed by atoms with Gasteiger partial charge in [-0.1, -0.05) is 78.9 Å². The second kappa shape index (κ2) is 14.4. The number of hydrogen-bond donors (Lipinski definition) is 1. The third kappa shape index (κ3) is 8.73. The molecule has 0 fully saturated rings. The van der Waals surface area contributed by atoms with E-state index in [1.54, 1.807) is 42.5 Å². The fourth-order valence-corrected chi connectivity index (χ4v) is 6.42. The maximum absolute atomic E-state index is 14.6. The zero-order chi connectivity index (χ0) is 32.6. The first-order valence-corrected chi connectivity index (χ1v) is 16.2. The number of benzene rings is 4. The van der Waals surface area contributed by atoms with E-state index in [9.17, 15) is 18.0 Å². The highest BCUT2D eigenvalue weighted by molar-refractivity contribution is 7.92. The molecule has 45 heavy (non-hydrogen) atoms. The van der Waals surface area contributed by atoms with Gasteiger partial charge in [-0.15, -0.1) is 0 Å². The molecule has 9 heteroatoms. The minimum atomic E-state index is -4.19. The van der Waals surface area contributed by atoms with Crippen molar-refractivity contribution in [2.45, 2.75) is 57.1 Å². The van der Waals surface area contributed by atoms with Crippen LogP contribution < -0.4 is 14.4 Å². The van der Waals surface area contributed by atoms with Crippen LogP contribution in [0.5, 0.6) is 5.75 Å². The lowest BCUT2D eigenvalue weighted by Crippen LogP contribution is -2.56. The van der Waals surface area contributed by atoms with Crippen molar-refractivity contribution in [2.75, 3.05) is 18.0 Å². The number of hydrogen-bond acceptors (Lipinski definition) is 5. The number of carbonyl (C=O) groups excluding carboxylic acids is 2. The quantitative estimate of drug-likeness (QED) is 0.216. The maximum Gasteiger partial charge on any atom is 0.264 e. The Bertz CT molecular complexity index is 1700. The zero-order valence-corrected chi connectivity index (χ0v) is 27.3. The number of amides is 2. The van der Waals surface area contributed by atoms with Gasteiger partial charge in [0.15, 0.2) is 0 Å². The summed E-state index contributed by atoms with van der Waals surface area (Å²) in [7, 11) is -2.70. The van der Waals surface area contributed by atoms with Gasteiger partial charge < -0.3 is 15.0 Å². The van der Waals surface area contributed by atoms with Crippen LogP contribution in [0.3, 0.4) is 0 Å². The second-order valence-electron chi connectivity index (χ2n) is 11.9. The molecule has 236 valence electrons. The van der Waals surface area contributed by atoms with Crippen molar-refractivity contribution < 1.29 is 22.7 Å². The molecule has 0 saturated carbocycles. The number of carbonyl (C=O) groups is 2. The largest absolute Gasteiger partial charge is 0.497 e. The van der Waals surface area contributed by atoms with Gasteiger partial charge in [0.25, 0.3) is 10.0 Å². The first-order chi connectivity index (χ1) is 21.4. The summed E-state index contributed by atoms with van der Waals surface area (Å²) in [5.74, 6) is -0.408. The van der Waals surface area contributed by atoms with Gasteiger partial charge in [-0.2, -0.15) is 0 Å². The molecule has 0 aromatic heterocycles. The molecule has 0 heterocycles. The van der Waals surface area contributed by atoms with Crippen molar-refractivity contribution in [3.63, 3.8) is 0 Å². The van der Waals surface area contributed by atoms with Gasteiger partial charge in [0.1, 0.15) is 18.3 Å². The predicted octanol–water partition coefficient (Wildman–Crippen LogP) is 5.75. The summed E-state index contributed by atoms with van der Waals surface area (Å²) >= 11 is 0. The Morgan fingerprint density at radius 2 is 1.47 bits per heavy atom. The Balaban J connectivity index is 1.83. The molecular formula is C36H41N3O5S. The Kier molecular flexibility index (Phi) is 10.7. The number of ether oxygens (including phenoxy) is 1. The topological polar surface area (TPSA) is 96.0 Å². The molecule has 0 aliphatic heterocycles. The molecule has 4 rings (SSSR count). The molecule has 0 saturated heterocycles. The monoisotopic (exact) mass is 627 g/mol. The summed E-state index contributed by atoms with van der Waals surface area (Å²) in [6.07, 6.45) is 0.241. The highest BCUT2D eigenvalue weighted by Gasteiger charge is 2.35. The predicted molar refractivity (Wildman–Crippen MR) is 178 cm³/mol. The van der Waals surface area contributed by atoms with E-state index in [0.29, 0.717) is 5.75 Å². The molecule has 0 aliphatic rings. The van der Waals surface area contributed by atoms with E-state index in [2.05, 4.69) is 5.32 Å². The number of sulfonamides is 1. The van der Waals surface area contributed by atoms with Crippen molar-refractivity contribution in [3.05, 3.63) is 126 Å². The van der Waals surface area contributed by atoms with Crippen LogP contribution in [0.25, 0.3) is 0 Å². The maximum atomic E-state index is 14.6. The van der Waals surface area contributed by atoms with Crippen LogP contribution in [0.15, 0.2) is 114 Å². The summed E-state index contributed by atoms with van der Waals surface area (Å²) in [5, 5.41) is 3.05. The number of aryl methyl sites for hydroxylation is 1. The SMILES string of the molecule is COc1cccc(N(CC(=O)N(Cc2ccccc2C)[C@@H](Cc2ccccc2)C(=O)NC(C)(C)C)S(=O)(=O)c2ccccc2)c1. The molecule has 1 atom stereocenters. The van der Waals surface area contributed by atoms with Crippen LogP contribution in [-0.4, -0.2) is 50.4 Å². The van der Waals surface area contributed by atoms with Crippen molar-refractivity contribution in [1.29, 1.82) is 0 Å². The first kappa shape index (κ1) is 33.3. The summed E-state index contributed by atoms with van der Waals surface area (Å²) in [6.45, 7) is 7.17. The van der Waals surface area contributed by atoms with E-state index < -0.39 is 34.1 Å². The van der Waals surface area contributed by atoms with Gasteiger partial charge in [0.05, 0.1) is 17.7 Å². The molecule has 0 spiro atoms. The van der Waals surface area contributed by atoms with Gasteiger partial charge in [-0.25, -0.2) is 8.42 Å². The van der Waals surface area contributed by atoms with Gasteiger partial charge in [-0.3, -0.25) is 13.9 Å². The van der Waals surface area contributed by atoms with Gasteiger partial charge in [0.2, 0.25) is 11.8 Å². The van der Waals surface area contributed by atoms with E-state index in [1.165, 1.54) is 24.1 Å². The fraction of sp³-hybridized carbons (Fsp3) is 0.278. The number of methoxy groups -OCH3 is 1. The van der Waals surface area contributed by atoms with Crippen LogP contribution in [-0.2, 0) is 32.6 Å². The lowest BCUT2D eigenvalue weighted by atomic mass is 10.00. The molecular weight excluding hydrogens is 586 g/mol. The van der Waals surface area contributed by atoms with Gasteiger partial charge in [0, 0.05) is 24.6 Å². The summed E-state index contributed by atoms with van der Waals surface area (Å²) in [6, 6.07) is 30.8. The first-order valence-electron chi connectivity index (χ1n) is 14.8. The average Bonchev–Trinajstić information content (AvgIpc) is 3.02. The lowest BCUT2D eigenvalue weighted by molar-refractivity contribution is -0.140. The van der Waals surface area contributed by atoms with Crippen molar-refractivity contribution in [3.8, 4) is 5.75 Å². The van der Waals surface area contributed by atoms with E-state index in [1.807, 2.05) is 82.3 Å². The normalized spacial score (nSPS) is 12.2. The number of anilines is 1. The average molecular weight is 628 g/mol. The third-order valence-electron chi connectivity index (χ3n) is 7.32. The van der Waals surface area contributed by atoms with Crippen molar-refractivity contribution in [2.24, 2.45) is 0 Å². The van der Waals surface area contributed by atoms with Gasteiger partial charge in [-0.05, 0) is 68.7 Å². The van der Waals surface area contributed by atoms with E-state index >= 15 is 0 Å². The highest BCUT2D eigenvalue weighted by Crippen LogP contribution is 2.28. The van der Waals surface area contributed by atoms with Crippen molar-refractivity contribution >= 4 is 27.5 Å². The Morgan fingerprint density at radius 3 is 2.09 bits per heavy atom. The summed E-state index contributed by atoms with van der Waals surface area (Å²) < 4.78 is 34.7. The highest BCUT2D eigenvalue weighted by atomic mass is 32.2. The molecule has 4 aromatic rings. The molecule has 4 aromatic carbocycles. The molecule has 0 aliphatic carbocycles. The fourth-order valence-electron chi connectivity index (χ4n) is 4.99. The molecule has 0 unspecified atom stereocenters. The smallest absolute Gasteiger partial charge is 0.264 e. The van der Waals surface area contributed by atoms with Crippen molar-refractivity contribution in [1.82, 2.24) is 10.2 Å². The number of nitrogens with zero attached hydrogens (tertiary/aromatic N) is 2. The Labute approximate surface area is 266 Å². The standard InChI is InChI=1S/C36H41N3O5S/c1-27-15-12-13-18-29(27)25-38(33(35(41)37-36(2,3)4)23-28-16-8-6-9-17-28)34(40)26-39(30-19-14-20-31(24-30)44-5)45(42,43)32-21-10-7-11-22-32/h6-22,24,33H,23,25-26H2,1-5H3,(H,37,41)/t33-/m0/s1. The van der Waals surface area contributed by atoms with E-state index in [4.69, 9.17) is 4.74 Å². The molecule has 0 radical (unpaired) electrons. The second-order valence-corrected chi connectivity index (χ2v) is 13.8. The Morgan fingerprint density at radius 1 is 0.844 bits per heavy atom. The molecule has 1 N–H and O–H groups in total. The summed E-state index contributed by atoms with van der Waals surface area (Å²) in [4.78, 5) is 30.1. The minimum absolute atomic E-state index is 0.0392. The number of nitrogens with one attached hydrogen (secondary N) is 1. The van der Waals surface area contributed by atoms with Crippen LogP contribution in [0.1, 0.15) is 37.5 Å². The third-order valence-corrected chi connectivity index (χ3v) is 9.11. The van der Waals surface area contributed by atoms with Crippen LogP contribution in [0.2, 0.25) is 0 Å². The lowest BCUT2D eigenvalue weighted by Gasteiger charge is -2.35. The molecule has 0 bridgehead atoms. The Hall–Kier alpha value is -4.63. The van der Waals surface area contributed by atoms with E-state index in [-0.39, 0.29) is 29.5 Å². The molecule has 8 nitrogen and oxygen atoms in total. The van der Waals surface area contributed by atoms with Crippen LogP contribution in [0.4, 0.5) is 5.69 Å². The van der Waals surface area contributed by atoms with Crippen LogP contribution in [0, 0.1) is 6.92 Å². The molecule has 2 amide bonds. The zero-order valence-electron chi connectivity index (χ0n) is 26.4.